The van der Waals surface area contributed by atoms with E-state index in [9.17, 15) is 9.59 Å². The summed E-state index contributed by atoms with van der Waals surface area (Å²) >= 11 is 0. The highest BCUT2D eigenvalue weighted by atomic mass is 16.5. The van der Waals surface area contributed by atoms with E-state index in [2.05, 4.69) is 98.9 Å². The number of carbonyl (C=O) groups is 2. The van der Waals surface area contributed by atoms with E-state index in [-0.39, 0.29) is 23.9 Å². The van der Waals surface area contributed by atoms with Gasteiger partial charge in [-0.2, -0.15) is 0 Å². The van der Waals surface area contributed by atoms with Crippen molar-refractivity contribution in [1.82, 2.24) is 69.1 Å². The van der Waals surface area contributed by atoms with Crippen LogP contribution in [0.2, 0.25) is 0 Å². The van der Waals surface area contributed by atoms with Crippen LogP contribution in [-0.2, 0) is 23.7 Å². The number of fused-ring (bicyclic) bond motifs is 2. The molecule has 2 aliphatic rings. The predicted octanol–water partition coefficient (Wildman–Crippen LogP) is 6.15. The molecule has 2 aliphatic heterocycles. The number of benzene rings is 2. The van der Waals surface area contributed by atoms with Gasteiger partial charge in [-0.05, 0) is 51.2 Å². The number of rotatable bonds is 16. The molecule has 0 saturated carbocycles. The van der Waals surface area contributed by atoms with E-state index in [4.69, 9.17) is 19.4 Å². The zero-order valence-electron chi connectivity index (χ0n) is 43.3. The number of amides is 2. The second kappa shape index (κ2) is 22.9. The van der Waals surface area contributed by atoms with Crippen LogP contribution in [0.1, 0.15) is 26.7 Å². The molecule has 22 heteroatoms. The van der Waals surface area contributed by atoms with Gasteiger partial charge in [0.15, 0.2) is 0 Å². The number of hydrogen-bond acceptors (Lipinski definition) is 16. The van der Waals surface area contributed by atoms with Gasteiger partial charge >= 0.3 is 0 Å². The van der Waals surface area contributed by atoms with Gasteiger partial charge in [0, 0.05) is 113 Å². The summed E-state index contributed by atoms with van der Waals surface area (Å²) < 4.78 is 14.0. The van der Waals surface area contributed by atoms with E-state index in [0.717, 1.165) is 121 Å². The van der Waals surface area contributed by atoms with Crippen LogP contribution in [0.4, 0.5) is 34.6 Å². The molecule has 22 nitrogen and oxygen atoms in total. The Labute approximate surface area is 429 Å². The van der Waals surface area contributed by atoms with Crippen molar-refractivity contribution in [1.29, 1.82) is 0 Å². The van der Waals surface area contributed by atoms with Gasteiger partial charge < -0.3 is 50.5 Å². The SMILES string of the molecule is CC[C@@H](C(=O)Nc1cccc2c(-c3ccnc(Nc4cn(C)nc4OC)n3)c[nH]c12)N1CCN(C)CC1.CC[C@H](C(=O)Nc1cccc2c(-c3ccnc(Nc4cn(C)nc4OC)n3)c[nH]c12)N1CCN(C)CC1. The van der Waals surface area contributed by atoms with Crippen LogP contribution in [-0.4, -0.2) is 174 Å². The van der Waals surface area contributed by atoms with Crippen molar-refractivity contribution < 1.29 is 19.1 Å². The maximum absolute atomic E-state index is 13.3. The van der Waals surface area contributed by atoms with Gasteiger partial charge in [0.05, 0.1) is 72.5 Å². The Morgan fingerprint density at radius 1 is 0.581 bits per heavy atom. The number of methoxy groups -OCH3 is 2. The van der Waals surface area contributed by atoms with Crippen molar-refractivity contribution in [2.75, 3.05) is 102 Å². The standard InChI is InChI=1S/2C26H33N9O2/c2*1-5-22(35-13-11-33(2)12-14-35)24(36)29-20-8-6-7-17-18(15-28-23(17)20)19-9-10-27-26(30-19)31-21-16-34(3)32-25(21)37-4/h2*6-10,15-16,22,28H,5,11-14H2,1-4H3,(H,29,36)(H,27,30,31)/t2*22-/m10/s1. The lowest BCUT2D eigenvalue weighted by Gasteiger charge is -2.36. The lowest BCUT2D eigenvalue weighted by Crippen LogP contribution is -2.52. The molecule has 2 saturated heterocycles. The fraction of sp³-hybridized carbons (Fsp3) is 0.385. The van der Waals surface area contributed by atoms with E-state index < -0.39 is 0 Å². The van der Waals surface area contributed by atoms with E-state index in [1.54, 1.807) is 48.4 Å². The molecular weight excluding hydrogens is 941 g/mol. The first-order valence-corrected chi connectivity index (χ1v) is 25.0. The summed E-state index contributed by atoms with van der Waals surface area (Å²) in [4.78, 5) is 60.6. The first-order chi connectivity index (χ1) is 35.9. The molecule has 10 rings (SSSR count). The second-order valence-corrected chi connectivity index (χ2v) is 18.6. The summed E-state index contributed by atoms with van der Waals surface area (Å²) in [6, 6.07) is 15.2. The molecule has 2 fully saturated rings. The molecule has 6 aromatic heterocycles. The topological polar surface area (TPSA) is 232 Å². The van der Waals surface area contributed by atoms with Gasteiger partial charge in [0.25, 0.3) is 11.8 Å². The summed E-state index contributed by atoms with van der Waals surface area (Å²) in [7, 11) is 11.0. The molecule has 2 aromatic carbocycles. The minimum absolute atomic E-state index is 0.0228. The molecule has 0 bridgehead atoms. The summed E-state index contributed by atoms with van der Waals surface area (Å²) in [6.45, 7) is 11.6. The van der Waals surface area contributed by atoms with Gasteiger partial charge in [0.1, 0.15) is 11.4 Å². The van der Waals surface area contributed by atoms with Crippen molar-refractivity contribution in [3.8, 4) is 34.3 Å². The van der Waals surface area contributed by atoms with Gasteiger partial charge in [-0.15, -0.1) is 10.2 Å². The van der Waals surface area contributed by atoms with Crippen LogP contribution in [0.3, 0.4) is 0 Å². The van der Waals surface area contributed by atoms with Crippen LogP contribution in [0.5, 0.6) is 11.8 Å². The maximum atomic E-state index is 13.3. The zero-order chi connectivity index (χ0) is 51.9. The Morgan fingerprint density at radius 2 is 0.986 bits per heavy atom. The smallest absolute Gasteiger partial charge is 0.256 e. The quantitative estimate of drug-likeness (QED) is 0.0637. The lowest BCUT2D eigenvalue weighted by atomic mass is 10.1. The number of ether oxygens (including phenoxy) is 2. The van der Waals surface area contributed by atoms with Crippen molar-refractivity contribution in [2.45, 2.75) is 38.8 Å². The van der Waals surface area contributed by atoms with Crippen LogP contribution in [0.25, 0.3) is 44.3 Å². The second-order valence-electron chi connectivity index (χ2n) is 18.6. The first-order valence-electron chi connectivity index (χ1n) is 25.0. The van der Waals surface area contributed by atoms with Crippen molar-refractivity contribution in [3.63, 3.8) is 0 Å². The van der Waals surface area contributed by atoms with Crippen LogP contribution in [0.15, 0.2) is 85.7 Å². The predicted molar refractivity (Wildman–Crippen MR) is 288 cm³/mol. The highest BCUT2D eigenvalue weighted by Crippen LogP contribution is 2.35. The largest absolute Gasteiger partial charge is 0.478 e. The number of H-pyrrole nitrogens is 2. The molecule has 8 aromatic rings. The summed E-state index contributed by atoms with van der Waals surface area (Å²) in [6.07, 6.45) is 12.4. The van der Waals surface area contributed by atoms with Crippen LogP contribution < -0.4 is 30.7 Å². The van der Waals surface area contributed by atoms with E-state index in [0.29, 0.717) is 35.0 Å². The lowest BCUT2D eigenvalue weighted by molar-refractivity contribution is -0.122. The third kappa shape index (κ3) is 11.3. The first kappa shape index (κ1) is 51.0. The fourth-order valence-corrected chi connectivity index (χ4v) is 9.65. The van der Waals surface area contributed by atoms with E-state index >= 15 is 0 Å². The number of para-hydroxylation sites is 2. The van der Waals surface area contributed by atoms with Gasteiger partial charge in [0.2, 0.25) is 23.7 Å². The number of likely N-dealkylation sites (N-methyl/N-ethyl adjacent to an activating group) is 2. The fourth-order valence-electron chi connectivity index (χ4n) is 9.65. The van der Waals surface area contributed by atoms with Crippen molar-refractivity contribution in [3.05, 3.63) is 85.7 Å². The Bertz CT molecular complexity index is 2990. The Balaban J connectivity index is 0.000000182. The number of aryl methyl sites for hydroxylation is 2. The molecule has 8 heterocycles. The summed E-state index contributed by atoms with van der Waals surface area (Å²) in [5, 5.41) is 23.2. The monoisotopic (exact) mass is 1010 g/mol. The number of aromatic amines is 2. The van der Waals surface area contributed by atoms with E-state index in [1.807, 2.05) is 75.0 Å². The maximum Gasteiger partial charge on any atom is 0.256 e. The van der Waals surface area contributed by atoms with Crippen molar-refractivity contribution >= 4 is 68.3 Å². The Morgan fingerprint density at radius 3 is 1.36 bits per heavy atom. The Kier molecular flexibility index (Phi) is 15.8. The number of nitrogens with one attached hydrogen (secondary N) is 6. The molecular formula is C52H66N18O4. The minimum atomic E-state index is -0.154. The minimum Gasteiger partial charge on any atom is -0.478 e. The third-order valence-corrected chi connectivity index (χ3v) is 13.6. The number of carbonyl (C=O) groups excluding carboxylic acids is 2. The molecule has 0 unspecified atom stereocenters. The summed E-state index contributed by atoms with van der Waals surface area (Å²) in [5.41, 5.74) is 7.93. The zero-order valence-corrected chi connectivity index (χ0v) is 43.3. The van der Waals surface area contributed by atoms with Gasteiger partial charge in [-0.25, -0.2) is 19.9 Å². The number of aromatic nitrogens is 10. The Hall–Kier alpha value is -7.92. The number of nitrogens with zero attached hydrogens (tertiary/aromatic N) is 12. The number of anilines is 6. The average Bonchev–Trinajstić information content (AvgIpc) is 4.21. The van der Waals surface area contributed by atoms with Gasteiger partial charge in [-0.1, -0.05) is 38.1 Å². The van der Waals surface area contributed by atoms with Gasteiger partial charge in [-0.3, -0.25) is 28.8 Å². The summed E-state index contributed by atoms with van der Waals surface area (Å²) in [5.74, 6) is 1.84. The molecule has 74 heavy (non-hydrogen) atoms. The normalized spacial score (nSPS) is 15.6. The molecule has 388 valence electrons. The molecule has 6 N–H and O–H groups in total. The van der Waals surface area contributed by atoms with Crippen LogP contribution >= 0.6 is 0 Å². The van der Waals surface area contributed by atoms with E-state index in [1.165, 1.54) is 0 Å². The number of piperazine rings is 2. The third-order valence-electron chi connectivity index (χ3n) is 13.6. The molecule has 2 amide bonds. The number of hydrogen-bond donors (Lipinski definition) is 6. The molecule has 0 aliphatic carbocycles. The molecule has 2 atom stereocenters. The average molecular weight is 1010 g/mol. The highest BCUT2D eigenvalue weighted by Gasteiger charge is 2.29. The molecule has 0 radical (unpaired) electrons. The van der Waals surface area contributed by atoms with Crippen LogP contribution in [0, 0.1) is 0 Å². The molecule has 0 spiro atoms. The highest BCUT2D eigenvalue weighted by molar-refractivity contribution is 6.08. The van der Waals surface area contributed by atoms with Crippen molar-refractivity contribution in [2.24, 2.45) is 14.1 Å².